The summed E-state index contributed by atoms with van der Waals surface area (Å²) in [5.74, 6) is -0.265. The van der Waals surface area contributed by atoms with E-state index in [0.29, 0.717) is 31.9 Å². The Kier molecular flexibility index (Phi) is 3.51. The van der Waals surface area contributed by atoms with Crippen molar-refractivity contribution in [2.24, 2.45) is 18.4 Å². The second kappa shape index (κ2) is 5.12. The molecule has 1 aromatic rings. The Labute approximate surface area is 130 Å². The molecule has 2 aliphatic heterocycles. The number of rotatable bonds is 2. The quantitative estimate of drug-likeness (QED) is 0.762. The average molecular weight is 306 g/mol. The van der Waals surface area contributed by atoms with E-state index >= 15 is 0 Å². The molecule has 1 amide bonds. The molecule has 2 atom stereocenters. The molecule has 3 heterocycles. The largest absolute Gasteiger partial charge is 0.468 e. The molecule has 2 fully saturated rings. The number of carbonyl (C=O) groups excluding carboxylic acids is 2. The van der Waals surface area contributed by atoms with Gasteiger partial charge in [0, 0.05) is 37.4 Å². The van der Waals surface area contributed by atoms with Crippen LogP contribution in [0.3, 0.4) is 0 Å². The summed E-state index contributed by atoms with van der Waals surface area (Å²) in [6.45, 7) is 5.67. The topological polar surface area (TPSA) is 60.8 Å². The fourth-order valence-corrected chi connectivity index (χ4v) is 3.62. The minimum absolute atomic E-state index is 0.0149. The SMILES string of the molecule is COC(=O)[C@@]12COC[C@@H]1CN(C(=O)c1cc(C)n(C)c1C)C2. The van der Waals surface area contributed by atoms with Crippen LogP contribution in [-0.2, 0) is 21.3 Å². The highest BCUT2D eigenvalue weighted by molar-refractivity contribution is 5.96. The van der Waals surface area contributed by atoms with E-state index in [4.69, 9.17) is 9.47 Å². The fourth-order valence-electron chi connectivity index (χ4n) is 3.62. The third-order valence-electron chi connectivity index (χ3n) is 5.26. The van der Waals surface area contributed by atoms with Gasteiger partial charge in [0.1, 0.15) is 5.41 Å². The number of methoxy groups -OCH3 is 1. The number of ether oxygens (including phenoxy) is 2. The van der Waals surface area contributed by atoms with E-state index in [1.807, 2.05) is 31.5 Å². The highest BCUT2D eigenvalue weighted by atomic mass is 16.5. The summed E-state index contributed by atoms with van der Waals surface area (Å²) < 4.78 is 12.4. The molecule has 0 saturated carbocycles. The third-order valence-corrected chi connectivity index (χ3v) is 5.26. The van der Waals surface area contributed by atoms with Crippen LogP contribution in [0.15, 0.2) is 6.07 Å². The zero-order valence-electron chi connectivity index (χ0n) is 13.5. The van der Waals surface area contributed by atoms with E-state index in [1.54, 1.807) is 4.90 Å². The van der Waals surface area contributed by atoms with Crippen LogP contribution in [0.5, 0.6) is 0 Å². The molecule has 1 aromatic heterocycles. The Bertz CT molecular complexity index is 636. The number of carbonyl (C=O) groups is 2. The minimum atomic E-state index is -0.692. The summed E-state index contributed by atoms with van der Waals surface area (Å²) in [5, 5.41) is 0. The Balaban J connectivity index is 1.87. The van der Waals surface area contributed by atoms with E-state index in [9.17, 15) is 9.59 Å². The van der Waals surface area contributed by atoms with Gasteiger partial charge in [-0.2, -0.15) is 0 Å². The molecule has 0 unspecified atom stereocenters. The maximum atomic E-state index is 12.8. The predicted molar refractivity (Wildman–Crippen MR) is 79.5 cm³/mol. The molecule has 120 valence electrons. The Morgan fingerprint density at radius 1 is 1.41 bits per heavy atom. The number of aryl methyl sites for hydroxylation is 1. The molecular formula is C16H22N2O4. The molecule has 2 saturated heterocycles. The Hall–Kier alpha value is -1.82. The molecule has 6 heteroatoms. The van der Waals surface area contributed by atoms with Crippen LogP contribution in [0.25, 0.3) is 0 Å². The maximum absolute atomic E-state index is 12.8. The number of fused-ring (bicyclic) bond motifs is 1. The van der Waals surface area contributed by atoms with Crippen molar-refractivity contribution in [3.05, 3.63) is 23.0 Å². The first-order chi connectivity index (χ1) is 10.4. The smallest absolute Gasteiger partial charge is 0.316 e. The van der Waals surface area contributed by atoms with Crippen LogP contribution < -0.4 is 0 Å². The number of hydrogen-bond donors (Lipinski definition) is 0. The van der Waals surface area contributed by atoms with Crippen LogP contribution in [0.2, 0.25) is 0 Å². The highest BCUT2D eigenvalue weighted by Gasteiger charge is 2.57. The van der Waals surface area contributed by atoms with Gasteiger partial charge in [-0.3, -0.25) is 9.59 Å². The first-order valence-electron chi connectivity index (χ1n) is 7.49. The van der Waals surface area contributed by atoms with Gasteiger partial charge >= 0.3 is 5.97 Å². The highest BCUT2D eigenvalue weighted by Crippen LogP contribution is 2.42. The summed E-state index contributed by atoms with van der Waals surface area (Å²) >= 11 is 0. The standard InChI is InChI=1S/C16H22N2O4/c1-10-5-13(11(2)17(10)3)14(19)18-6-12-7-22-9-16(12,8-18)15(20)21-4/h5,12H,6-9H2,1-4H3/t12-,16-/m0/s1. The fraction of sp³-hybridized carbons (Fsp3) is 0.625. The van der Waals surface area contributed by atoms with Crippen molar-refractivity contribution in [1.29, 1.82) is 0 Å². The molecule has 0 bridgehead atoms. The van der Waals surface area contributed by atoms with E-state index < -0.39 is 5.41 Å². The van der Waals surface area contributed by atoms with Gasteiger partial charge in [0.2, 0.25) is 0 Å². The molecule has 2 aliphatic rings. The van der Waals surface area contributed by atoms with Gasteiger partial charge < -0.3 is 18.9 Å². The zero-order valence-corrected chi connectivity index (χ0v) is 13.5. The second-order valence-electron chi connectivity index (χ2n) is 6.39. The Morgan fingerprint density at radius 3 is 2.73 bits per heavy atom. The maximum Gasteiger partial charge on any atom is 0.316 e. The minimum Gasteiger partial charge on any atom is -0.468 e. The number of amides is 1. The average Bonchev–Trinajstić information content (AvgIpc) is 3.13. The molecule has 0 aromatic carbocycles. The van der Waals surface area contributed by atoms with Crippen molar-refractivity contribution in [3.63, 3.8) is 0 Å². The number of likely N-dealkylation sites (tertiary alicyclic amines) is 1. The van der Waals surface area contributed by atoms with E-state index in [1.165, 1.54) is 7.11 Å². The molecule has 0 aliphatic carbocycles. The van der Waals surface area contributed by atoms with Crippen molar-refractivity contribution < 1.29 is 19.1 Å². The lowest BCUT2D eigenvalue weighted by atomic mass is 9.81. The number of aromatic nitrogens is 1. The van der Waals surface area contributed by atoms with Gasteiger partial charge in [-0.25, -0.2) is 0 Å². The summed E-state index contributed by atoms with van der Waals surface area (Å²) in [6, 6.07) is 1.91. The summed E-state index contributed by atoms with van der Waals surface area (Å²) in [5.41, 5.74) is 2.01. The lowest BCUT2D eigenvalue weighted by Gasteiger charge is -2.23. The van der Waals surface area contributed by atoms with E-state index in [0.717, 1.165) is 11.4 Å². The summed E-state index contributed by atoms with van der Waals surface area (Å²) in [6.07, 6.45) is 0. The van der Waals surface area contributed by atoms with Crippen molar-refractivity contribution in [3.8, 4) is 0 Å². The molecule has 6 nitrogen and oxygen atoms in total. The van der Waals surface area contributed by atoms with Gasteiger partial charge in [0.05, 0.1) is 25.9 Å². The number of esters is 1. The first-order valence-corrected chi connectivity index (χ1v) is 7.49. The first kappa shape index (κ1) is 15.1. The second-order valence-corrected chi connectivity index (χ2v) is 6.39. The van der Waals surface area contributed by atoms with Gasteiger partial charge in [0.25, 0.3) is 5.91 Å². The summed E-state index contributed by atoms with van der Waals surface area (Å²) in [7, 11) is 3.34. The molecule has 3 rings (SSSR count). The van der Waals surface area contributed by atoms with Crippen LogP contribution >= 0.6 is 0 Å². The van der Waals surface area contributed by atoms with Gasteiger partial charge in [0.15, 0.2) is 0 Å². The number of hydrogen-bond acceptors (Lipinski definition) is 4. The van der Waals surface area contributed by atoms with Crippen molar-refractivity contribution >= 4 is 11.9 Å². The normalized spacial score (nSPS) is 27.1. The zero-order chi connectivity index (χ0) is 16.1. The lowest BCUT2D eigenvalue weighted by molar-refractivity contribution is -0.153. The molecular weight excluding hydrogens is 284 g/mol. The molecule has 22 heavy (non-hydrogen) atoms. The van der Waals surface area contributed by atoms with E-state index in [-0.39, 0.29) is 17.8 Å². The summed E-state index contributed by atoms with van der Waals surface area (Å²) in [4.78, 5) is 26.8. The molecule has 0 spiro atoms. The van der Waals surface area contributed by atoms with Crippen LogP contribution in [0.4, 0.5) is 0 Å². The predicted octanol–water partition coefficient (Wildman–Crippen LogP) is 0.904. The van der Waals surface area contributed by atoms with Crippen molar-refractivity contribution in [2.75, 3.05) is 33.4 Å². The molecule has 0 radical (unpaired) electrons. The third kappa shape index (κ3) is 1.97. The monoisotopic (exact) mass is 306 g/mol. The van der Waals surface area contributed by atoms with Crippen LogP contribution in [-0.4, -0.2) is 54.8 Å². The number of nitrogens with zero attached hydrogens (tertiary/aromatic N) is 2. The molecule has 0 N–H and O–H groups in total. The van der Waals surface area contributed by atoms with Crippen LogP contribution in [0, 0.1) is 25.2 Å². The van der Waals surface area contributed by atoms with E-state index in [2.05, 4.69) is 0 Å². The van der Waals surface area contributed by atoms with Crippen molar-refractivity contribution in [1.82, 2.24) is 9.47 Å². The Morgan fingerprint density at radius 2 is 2.14 bits per heavy atom. The lowest BCUT2D eigenvalue weighted by Crippen LogP contribution is -2.41. The van der Waals surface area contributed by atoms with Gasteiger partial charge in [-0.1, -0.05) is 0 Å². The van der Waals surface area contributed by atoms with Crippen molar-refractivity contribution in [2.45, 2.75) is 13.8 Å². The van der Waals surface area contributed by atoms with Gasteiger partial charge in [-0.15, -0.1) is 0 Å². The van der Waals surface area contributed by atoms with Gasteiger partial charge in [-0.05, 0) is 19.9 Å². The van der Waals surface area contributed by atoms with Crippen LogP contribution in [0.1, 0.15) is 21.7 Å².